The molecule has 2 atom stereocenters. The van der Waals surface area contributed by atoms with Gasteiger partial charge in [-0.25, -0.2) is 0 Å². The van der Waals surface area contributed by atoms with E-state index >= 15 is 0 Å². The number of amides is 1. The summed E-state index contributed by atoms with van der Waals surface area (Å²) in [6, 6.07) is 4.89. The second kappa shape index (κ2) is 6.22. The smallest absolute Gasteiger partial charge is 0.270 e. The number of rotatable bonds is 3. The Morgan fingerprint density at radius 2 is 2.19 bits per heavy atom. The summed E-state index contributed by atoms with van der Waals surface area (Å²) in [4.78, 5) is 14.9. The third-order valence-electron chi connectivity index (χ3n) is 4.97. The first-order chi connectivity index (χ1) is 10.2. The van der Waals surface area contributed by atoms with Gasteiger partial charge in [-0.3, -0.25) is 4.79 Å². The van der Waals surface area contributed by atoms with Gasteiger partial charge in [0, 0.05) is 31.4 Å². The van der Waals surface area contributed by atoms with E-state index in [-0.39, 0.29) is 5.91 Å². The van der Waals surface area contributed by atoms with E-state index in [0.717, 1.165) is 31.7 Å². The van der Waals surface area contributed by atoms with Crippen LogP contribution in [0.3, 0.4) is 0 Å². The zero-order valence-electron chi connectivity index (χ0n) is 13.2. The lowest BCUT2D eigenvalue weighted by Crippen LogP contribution is -2.46. The fourth-order valence-electron chi connectivity index (χ4n) is 3.82. The van der Waals surface area contributed by atoms with E-state index in [1.54, 1.807) is 0 Å². The number of carbonyl (C=O) groups excluding carboxylic acids is 1. The fraction of sp³-hybridized carbons (Fsp3) is 0.706. The van der Waals surface area contributed by atoms with Crippen molar-refractivity contribution in [3.8, 4) is 0 Å². The monoisotopic (exact) mass is 289 g/mol. The number of likely N-dealkylation sites (tertiary alicyclic amines) is 1. The Morgan fingerprint density at radius 1 is 1.33 bits per heavy atom. The van der Waals surface area contributed by atoms with Crippen LogP contribution in [0.25, 0.3) is 0 Å². The minimum absolute atomic E-state index is 0.205. The Bertz CT molecular complexity index is 488. The number of piperidine rings is 1. The van der Waals surface area contributed by atoms with Crippen molar-refractivity contribution in [1.29, 1.82) is 0 Å². The predicted octanol–water partition coefficient (Wildman–Crippen LogP) is 2.67. The molecular formula is C17H27N3O. The molecule has 0 saturated carbocycles. The fourth-order valence-corrected chi connectivity index (χ4v) is 3.82. The first-order valence-corrected chi connectivity index (χ1v) is 8.36. The van der Waals surface area contributed by atoms with Gasteiger partial charge in [0.25, 0.3) is 5.91 Å². The molecule has 2 unspecified atom stereocenters. The summed E-state index contributed by atoms with van der Waals surface area (Å²) in [7, 11) is 0. The predicted molar refractivity (Wildman–Crippen MR) is 84.5 cm³/mol. The summed E-state index contributed by atoms with van der Waals surface area (Å²) in [6.07, 6.45) is 6.96. The topological polar surface area (TPSA) is 37.3 Å². The van der Waals surface area contributed by atoms with Crippen LogP contribution in [-0.4, -0.2) is 41.1 Å². The largest absolute Gasteiger partial charge is 0.341 e. The molecule has 2 fully saturated rings. The highest BCUT2D eigenvalue weighted by atomic mass is 16.2. The third kappa shape index (κ3) is 3.00. The van der Waals surface area contributed by atoms with Crippen molar-refractivity contribution in [3.63, 3.8) is 0 Å². The normalized spacial score (nSPS) is 26.5. The molecule has 0 spiro atoms. The van der Waals surface area contributed by atoms with E-state index in [2.05, 4.69) is 28.6 Å². The van der Waals surface area contributed by atoms with E-state index in [9.17, 15) is 4.79 Å². The summed E-state index contributed by atoms with van der Waals surface area (Å²) in [5.74, 6) is 0.837. The number of aromatic nitrogens is 1. The average molecular weight is 289 g/mol. The molecule has 3 heterocycles. The lowest BCUT2D eigenvalue weighted by Gasteiger charge is -2.36. The van der Waals surface area contributed by atoms with Crippen molar-refractivity contribution in [3.05, 3.63) is 24.0 Å². The number of nitrogens with zero attached hydrogens (tertiary/aromatic N) is 2. The highest BCUT2D eigenvalue weighted by Gasteiger charge is 2.31. The van der Waals surface area contributed by atoms with Gasteiger partial charge < -0.3 is 14.8 Å². The van der Waals surface area contributed by atoms with Crippen molar-refractivity contribution in [2.45, 2.75) is 51.6 Å². The highest BCUT2D eigenvalue weighted by Crippen LogP contribution is 2.26. The molecule has 0 aromatic carbocycles. The van der Waals surface area contributed by atoms with Crippen molar-refractivity contribution in [2.24, 2.45) is 5.92 Å². The van der Waals surface area contributed by atoms with Crippen molar-refractivity contribution >= 4 is 5.91 Å². The molecule has 1 aromatic heterocycles. The maximum absolute atomic E-state index is 12.8. The summed E-state index contributed by atoms with van der Waals surface area (Å²) in [6.45, 7) is 7.22. The molecule has 4 nitrogen and oxygen atoms in total. The van der Waals surface area contributed by atoms with Crippen LogP contribution < -0.4 is 5.32 Å². The second-order valence-corrected chi connectivity index (χ2v) is 6.75. The first-order valence-electron chi connectivity index (χ1n) is 8.36. The molecule has 3 rings (SSSR count). The number of carbonyl (C=O) groups is 1. The van der Waals surface area contributed by atoms with Crippen LogP contribution in [0.15, 0.2) is 18.3 Å². The molecule has 1 N–H and O–H groups in total. The first kappa shape index (κ1) is 14.6. The summed E-state index contributed by atoms with van der Waals surface area (Å²) in [5.41, 5.74) is 0.838. The van der Waals surface area contributed by atoms with E-state index in [1.807, 2.05) is 18.3 Å². The molecule has 2 aliphatic heterocycles. The van der Waals surface area contributed by atoms with Crippen LogP contribution in [0.4, 0.5) is 0 Å². The molecule has 0 bridgehead atoms. The van der Waals surface area contributed by atoms with Crippen LogP contribution in [0.5, 0.6) is 0 Å². The van der Waals surface area contributed by atoms with Gasteiger partial charge in [-0.15, -0.1) is 0 Å². The quantitative estimate of drug-likeness (QED) is 0.929. The van der Waals surface area contributed by atoms with Crippen molar-refractivity contribution in [2.75, 3.05) is 19.6 Å². The number of hydrogen-bond donors (Lipinski definition) is 1. The number of hydrogen-bond acceptors (Lipinski definition) is 2. The standard InChI is InChI=1S/C17H27N3O/c1-13(2)20-11-5-8-16(20)17(21)19-10-4-6-14(12-19)15-7-3-9-18-15/h5,8,11,13-15,18H,3-4,6-7,9-10,12H2,1-2H3. The molecule has 0 aliphatic carbocycles. The molecule has 0 radical (unpaired) electrons. The van der Waals surface area contributed by atoms with Crippen LogP contribution in [0.2, 0.25) is 0 Å². The SMILES string of the molecule is CC(C)n1cccc1C(=O)N1CCCC(C2CCCN2)C1. The van der Waals surface area contributed by atoms with Gasteiger partial charge in [0.15, 0.2) is 0 Å². The van der Waals surface area contributed by atoms with E-state index in [4.69, 9.17) is 0 Å². The van der Waals surface area contributed by atoms with E-state index in [1.165, 1.54) is 19.3 Å². The molecular weight excluding hydrogens is 262 g/mol. The Labute approximate surface area is 127 Å². The zero-order valence-corrected chi connectivity index (χ0v) is 13.2. The van der Waals surface area contributed by atoms with Gasteiger partial charge in [-0.2, -0.15) is 0 Å². The van der Waals surface area contributed by atoms with Crippen LogP contribution in [0.1, 0.15) is 56.1 Å². The van der Waals surface area contributed by atoms with E-state index in [0.29, 0.717) is 18.0 Å². The lowest BCUT2D eigenvalue weighted by atomic mass is 9.89. The minimum atomic E-state index is 0.205. The van der Waals surface area contributed by atoms with Gasteiger partial charge in [-0.05, 0) is 64.1 Å². The molecule has 21 heavy (non-hydrogen) atoms. The van der Waals surface area contributed by atoms with Gasteiger partial charge in [0.2, 0.25) is 0 Å². The Balaban J connectivity index is 1.70. The maximum atomic E-state index is 12.8. The molecule has 1 amide bonds. The lowest BCUT2D eigenvalue weighted by molar-refractivity contribution is 0.0638. The van der Waals surface area contributed by atoms with Gasteiger partial charge in [0.1, 0.15) is 5.69 Å². The van der Waals surface area contributed by atoms with Crippen molar-refractivity contribution in [1.82, 2.24) is 14.8 Å². The summed E-state index contributed by atoms with van der Waals surface area (Å²) >= 11 is 0. The van der Waals surface area contributed by atoms with Gasteiger partial charge in [0.05, 0.1) is 0 Å². The van der Waals surface area contributed by atoms with Crippen LogP contribution in [-0.2, 0) is 0 Å². The third-order valence-corrected chi connectivity index (χ3v) is 4.97. The molecule has 2 aliphatic rings. The maximum Gasteiger partial charge on any atom is 0.270 e. The van der Waals surface area contributed by atoms with Crippen LogP contribution >= 0.6 is 0 Å². The minimum Gasteiger partial charge on any atom is -0.341 e. The van der Waals surface area contributed by atoms with Crippen LogP contribution in [0, 0.1) is 5.92 Å². The summed E-state index contributed by atoms with van der Waals surface area (Å²) < 4.78 is 2.08. The van der Waals surface area contributed by atoms with E-state index < -0.39 is 0 Å². The number of nitrogens with one attached hydrogen (secondary N) is 1. The van der Waals surface area contributed by atoms with Crippen molar-refractivity contribution < 1.29 is 4.79 Å². The Hall–Kier alpha value is -1.29. The summed E-state index contributed by atoms with van der Waals surface area (Å²) in [5, 5.41) is 3.61. The highest BCUT2D eigenvalue weighted by molar-refractivity contribution is 5.92. The average Bonchev–Trinajstić information content (AvgIpc) is 3.17. The molecule has 1 aromatic rings. The van der Waals surface area contributed by atoms with Gasteiger partial charge >= 0.3 is 0 Å². The van der Waals surface area contributed by atoms with Gasteiger partial charge in [-0.1, -0.05) is 0 Å². The Morgan fingerprint density at radius 3 is 2.90 bits per heavy atom. The second-order valence-electron chi connectivity index (χ2n) is 6.75. The Kier molecular flexibility index (Phi) is 4.34. The molecule has 2 saturated heterocycles. The zero-order chi connectivity index (χ0) is 14.8. The molecule has 116 valence electrons. The molecule has 4 heteroatoms.